The van der Waals surface area contributed by atoms with Crippen LogP contribution in [0.15, 0.2) is 60.8 Å². The molecule has 0 unspecified atom stereocenters. The van der Waals surface area contributed by atoms with Gasteiger partial charge < -0.3 is 29.4 Å². The van der Waals surface area contributed by atoms with Gasteiger partial charge in [0.25, 0.3) is 0 Å². The maximum atomic E-state index is 12.9. The molecule has 2 aromatic heterocycles. The number of nitrogens with zero attached hydrogens (tertiary/aromatic N) is 3. The van der Waals surface area contributed by atoms with Crippen LogP contribution in [0, 0.1) is 0 Å². The van der Waals surface area contributed by atoms with E-state index in [4.69, 9.17) is 0 Å². The molecule has 0 radical (unpaired) electrons. The molecule has 11 heteroatoms. The molecule has 0 aliphatic carbocycles. The lowest BCUT2D eigenvalue weighted by molar-refractivity contribution is -0.274. The first-order valence-corrected chi connectivity index (χ1v) is 15.7. The average Bonchev–Trinajstić information content (AvgIpc) is 3.33. The van der Waals surface area contributed by atoms with E-state index in [-0.39, 0.29) is 5.69 Å². The van der Waals surface area contributed by atoms with Gasteiger partial charge in [-0.25, -0.2) is 4.98 Å². The third-order valence-electron chi connectivity index (χ3n) is 7.32. The Kier molecular flexibility index (Phi) is 7.59. The van der Waals surface area contributed by atoms with Crippen LogP contribution in [0.4, 0.5) is 30.2 Å². The van der Waals surface area contributed by atoms with Crippen molar-refractivity contribution in [3.8, 4) is 17.0 Å². The Balaban J connectivity index is 1.41. The van der Waals surface area contributed by atoms with Gasteiger partial charge in [0.1, 0.15) is 18.5 Å². The second-order valence-electron chi connectivity index (χ2n) is 10.7. The van der Waals surface area contributed by atoms with E-state index in [9.17, 15) is 17.7 Å². The predicted octanol–water partition coefficient (Wildman–Crippen LogP) is 6.65. The molecule has 1 aliphatic rings. The minimum absolute atomic E-state index is 0.285. The first-order chi connectivity index (χ1) is 18.9. The highest BCUT2D eigenvalue weighted by Gasteiger charge is 2.32. The third-order valence-corrected chi connectivity index (χ3v) is 8.87. The van der Waals surface area contributed by atoms with Crippen molar-refractivity contribution in [1.82, 2.24) is 14.9 Å². The van der Waals surface area contributed by atoms with Gasteiger partial charge in [-0.05, 0) is 82.2 Å². The number of benzene rings is 2. The molecule has 0 saturated carbocycles. The fraction of sp³-hybridized carbons (Fsp3) is 0.345. The van der Waals surface area contributed by atoms with Gasteiger partial charge in [-0.1, -0.05) is 12.1 Å². The number of rotatable bonds is 7. The topological polar surface area (TPSA) is 73.5 Å². The fourth-order valence-corrected chi connectivity index (χ4v) is 6.34. The molecule has 7 nitrogen and oxygen atoms in total. The normalized spacial score (nSPS) is 15.2. The number of ether oxygens (including phenoxy) is 1. The van der Waals surface area contributed by atoms with Gasteiger partial charge in [-0.15, -0.1) is 13.2 Å². The van der Waals surface area contributed by atoms with Gasteiger partial charge in [0.05, 0.1) is 11.4 Å². The zero-order chi connectivity index (χ0) is 28.7. The minimum atomic E-state index is -4.83. The standard InChI is InChI=1S/C29H33F3N5O2P/c1-36(2)20-12-15-37(16-13-20)21-7-5-19(6-8-21)25-18-23-24(11-14-33-28(23)35-25)34-26-17-22(39-29(30,31)32)9-10-27(26)40(3,4)38/h5-11,14,17-18,20H,12-13,15-16H2,1-4H3,(H2,33,34,35). The molecule has 3 heterocycles. The Hall–Kier alpha value is -3.49. The van der Waals surface area contributed by atoms with Crippen molar-refractivity contribution in [3.63, 3.8) is 0 Å². The molecule has 1 aliphatic heterocycles. The molecule has 40 heavy (non-hydrogen) atoms. The van der Waals surface area contributed by atoms with Gasteiger partial charge in [0, 0.05) is 53.5 Å². The van der Waals surface area contributed by atoms with E-state index in [1.165, 1.54) is 23.9 Å². The van der Waals surface area contributed by atoms with Crippen LogP contribution in [-0.2, 0) is 4.57 Å². The fourth-order valence-electron chi connectivity index (χ4n) is 5.21. The Morgan fingerprint density at radius 3 is 2.35 bits per heavy atom. The number of H-pyrrole nitrogens is 1. The van der Waals surface area contributed by atoms with E-state index < -0.39 is 19.3 Å². The predicted molar refractivity (Wildman–Crippen MR) is 156 cm³/mol. The average molecular weight is 572 g/mol. The van der Waals surface area contributed by atoms with Crippen LogP contribution >= 0.6 is 7.14 Å². The summed E-state index contributed by atoms with van der Waals surface area (Å²) < 4.78 is 55.7. The zero-order valence-corrected chi connectivity index (χ0v) is 23.8. The second-order valence-corrected chi connectivity index (χ2v) is 13.9. The highest BCUT2D eigenvalue weighted by Crippen LogP contribution is 2.41. The van der Waals surface area contributed by atoms with E-state index in [0.29, 0.717) is 22.7 Å². The maximum absolute atomic E-state index is 12.9. The van der Waals surface area contributed by atoms with Crippen LogP contribution in [0.1, 0.15) is 12.8 Å². The Labute approximate surface area is 231 Å². The number of fused-ring (bicyclic) bond motifs is 1. The number of aromatic amines is 1. The molecule has 2 aromatic carbocycles. The summed E-state index contributed by atoms with van der Waals surface area (Å²) in [6.45, 7) is 5.19. The lowest BCUT2D eigenvalue weighted by Gasteiger charge is -2.36. The SMILES string of the molecule is CN(C)C1CCN(c2ccc(-c3cc4c(Nc5cc(OC(F)(F)F)ccc5P(C)(C)=O)ccnc4[nH]3)cc2)CC1. The summed E-state index contributed by atoms with van der Waals surface area (Å²) in [6.07, 6.45) is -0.954. The number of nitrogens with one attached hydrogen (secondary N) is 2. The van der Waals surface area contributed by atoms with Crippen molar-refractivity contribution in [2.45, 2.75) is 25.2 Å². The molecular formula is C29H33F3N5O2P. The minimum Gasteiger partial charge on any atom is -0.406 e. The lowest BCUT2D eigenvalue weighted by atomic mass is 10.0. The number of aromatic nitrogens is 2. The molecule has 0 spiro atoms. The summed E-state index contributed by atoms with van der Waals surface area (Å²) in [4.78, 5) is 12.5. The molecule has 1 saturated heterocycles. The van der Waals surface area contributed by atoms with Crippen LogP contribution in [-0.4, -0.2) is 67.8 Å². The third kappa shape index (κ3) is 6.29. The molecule has 0 amide bonds. The summed E-state index contributed by atoms with van der Waals surface area (Å²) in [5, 5.41) is 4.36. The van der Waals surface area contributed by atoms with Gasteiger partial charge in [0.2, 0.25) is 0 Å². The first kappa shape index (κ1) is 28.1. The van der Waals surface area contributed by atoms with Gasteiger partial charge in [-0.2, -0.15) is 0 Å². The van der Waals surface area contributed by atoms with E-state index in [1.807, 2.05) is 6.07 Å². The molecule has 0 bridgehead atoms. The summed E-state index contributed by atoms with van der Waals surface area (Å²) in [6, 6.07) is 16.5. The van der Waals surface area contributed by atoms with E-state index in [2.05, 4.69) is 68.2 Å². The van der Waals surface area contributed by atoms with E-state index >= 15 is 0 Å². The van der Waals surface area contributed by atoms with Crippen molar-refractivity contribution >= 4 is 40.5 Å². The second kappa shape index (κ2) is 10.8. The highest BCUT2D eigenvalue weighted by atomic mass is 31.2. The maximum Gasteiger partial charge on any atom is 0.573 e. The Morgan fingerprint density at radius 2 is 1.73 bits per heavy atom. The number of pyridine rings is 1. The number of piperidine rings is 1. The molecule has 2 N–H and O–H groups in total. The monoisotopic (exact) mass is 571 g/mol. The number of alkyl halides is 3. The molecule has 1 fully saturated rings. The number of hydrogen-bond acceptors (Lipinski definition) is 6. The summed E-state index contributed by atoms with van der Waals surface area (Å²) in [5.74, 6) is -0.390. The van der Waals surface area contributed by atoms with Crippen LogP contribution in [0.25, 0.3) is 22.3 Å². The quantitative estimate of drug-likeness (QED) is 0.242. The number of hydrogen-bond donors (Lipinski definition) is 2. The van der Waals surface area contributed by atoms with Crippen molar-refractivity contribution in [2.24, 2.45) is 0 Å². The van der Waals surface area contributed by atoms with Crippen molar-refractivity contribution < 1.29 is 22.5 Å². The lowest BCUT2D eigenvalue weighted by Crippen LogP contribution is -2.41. The van der Waals surface area contributed by atoms with Crippen molar-refractivity contribution in [1.29, 1.82) is 0 Å². The Morgan fingerprint density at radius 1 is 1.02 bits per heavy atom. The van der Waals surface area contributed by atoms with Crippen molar-refractivity contribution in [3.05, 3.63) is 60.8 Å². The number of anilines is 3. The molecular weight excluding hydrogens is 538 g/mol. The van der Waals surface area contributed by atoms with E-state index in [0.717, 1.165) is 42.6 Å². The van der Waals surface area contributed by atoms with Crippen LogP contribution in [0.3, 0.4) is 0 Å². The summed E-state index contributed by atoms with van der Waals surface area (Å²) >= 11 is 0. The van der Waals surface area contributed by atoms with Gasteiger partial charge >= 0.3 is 6.36 Å². The highest BCUT2D eigenvalue weighted by molar-refractivity contribution is 7.70. The number of halogens is 3. The smallest absolute Gasteiger partial charge is 0.406 e. The van der Waals surface area contributed by atoms with E-state index in [1.54, 1.807) is 25.6 Å². The summed E-state index contributed by atoms with van der Waals surface area (Å²) in [7, 11) is 1.45. The molecule has 5 rings (SSSR count). The van der Waals surface area contributed by atoms with Crippen LogP contribution in [0.5, 0.6) is 5.75 Å². The molecule has 212 valence electrons. The van der Waals surface area contributed by atoms with Crippen molar-refractivity contribution in [2.75, 3.05) is 50.7 Å². The largest absolute Gasteiger partial charge is 0.573 e. The first-order valence-electron chi connectivity index (χ1n) is 13.1. The molecule has 4 aromatic rings. The van der Waals surface area contributed by atoms with Crippen LogP contribution in [0.2, 0.25) is 0 Å². The summed E-state index contributed by atoms with van der Waals surface area (Å²) in [5.41, 5.74) is 4.56. The zero-order valence-electron chi connectivity index (χ0n) is 22.9. The molecule has 0 atom stereocenters. The van der Waals surface area contributed by atoms with Gasteiger partial charge in [0.15, 0.2) is 0 Å². The Bertz CT molecular complexity index is 1540. The van der Waals surface area contributed by atoms with Gasteiger partial charge in [-0.3, -0.25) is 0 Å². The van der Waals surface area contributed by atoms with Crippen LogP contribution < -0.4 is 20.3 Å².